The molecule has 4 aromatic rings. The van der Waals surface area contributed by atoms with Gasteiger partial charge < -0.3 is 4.74 Å². The molecule has 0 atom stereocenters. The molecule has 0 bridgehead atoms. The Labute approximate surface area is 300 Å². The zero-order valence-corrected chi connectivity index (χ0v) is 29.0. The van der Waals surface area contributed by atoms with Crippen LogP contribution in [0, 0.1) is 92.7 Å². The van der Waals surface area contributed by atoms with Crippen molar-refractivity contribution < 1.29 is 4.74 Å². The summed E-state index contributed by atoms with van der Waals surface area (Å²) in [5, 5.41) is 53.1. The lowest BCUT2D eigenvalue weighted by atomic mass is 10.0. The Kier molecular flexibility index (Phi) is 17.4. The van der Waals surface area contributed by atoms with E-state index in [1.54, 1.807) is 12.1 Å². The average Bonchev–Trinajstić information content (AvgIpc) is 3.10. The maximum Gasteiger partial charge on any atom is 0.137 e. The van der Waals surface area contributed by atoms with Crippen LogP contribution in [0.1, 0.15) is 27.8 Å². The lowest BCUT2D eigenvalue weighted by Crippen LogP contribution is -2.00. The molecule has 0 unspecified atom stereocenters. The van der Waals surface area contributed by atoms with E-state index in [2.05, 4.69) is 15.9 Å². The minimum atomic E-state index is -0.706. The Morgan fingerprint density at radius 1 is 0.604 bits per heavy atom. The van der Waals surface area contributed by atoms with Crippen molar-refractivity contribution in [2.45, 2.75) is 32.8 Å². The van der Waals surface area contributed by atoms with Gasteiger partial charge in [-0.25, -0.2) is 0 Å². The molecule has 7 nitrogen and oxygen atoms in total. The van der Waals surface area contributed by atoms with Gasteiger partial charge in [0, 0.05) is 33.8 Å². The number of benzene rings is 4. The fourth-order valence-electron chi connectivity index (χ4n) is 4.11. The van der Waals surface area contributed by atoms with E-state index in [1.165, 1.54) is 0 Å². The second-order valence-corrected chi connectivity index (χ2v) is 11.9. The van der Waals surface area contributed by atoms with Gasteiger partial charge in [0.25, 0.3) is 0 Å². The highest BCUT2D eigenvalue weighted by atomic mass is 79.9. The number of hydrogen-bond donors (Lipinski definition) is 0. The summed E-state index contributed by atoms with van der Waals surface area (Å²) >= 11 is 15.3. The number of aryl methyl sites for hydroxylation is 1. The van der Waals surface area contributed by atoms with Crippen molar-refractivity contribution >= 4 is 39.1 Å². The standard InChI is InChI=1S/C17H14N2O.C11H8Cl2N2.C10H7BrN2/c18-11-16(12-19)9-15-7-4-8-17(10-15)20-13-14-5-2-1-3-6-14;1-7-2-10(12)9(11(13)3-7)4-8(5-14)6-15;11-10-4-2-1-3-9(10)5-8(6-12)7-13/h1-8,10,16H,9,13H2;2-3,8H,4H2,1H3;1-4,8H,5H2. The highest BCUT2D eigenvalue weighted by molar-refractivity contribution is 9.10. The molecule has 0 saturated heterocycles. The molecule has 0 aliphatic heterocycles. The molecular weight excluding hydrogens is 707 g/mol. The molecule has 0 amide bonds. The van der Waals surface area contributed by atoms with Crippen LogP contribution in [0.4, 0.5) is 0 Å². The van der Waals surface area contributed by atoms with Crippen LogP contribution < -0.4 is 4.74 Å². The van der Waals surface area contributed by atoms with Gasteiger partial charge in [0.2, 0.25) is 0 Å². The quantitative estimate of drug-likeness (QED) is 0.166. The summed E-state index contributed by atoms with van der Waals surface area (Å²) in [7, 11) is 0. The third-order valence-electron chi connectivity index (χ3n) is 6.60. The van der Waals surface area contributed by atoms with Crippen molar-refractivity contribution in [1.82, 2.24) is 0 Å². The summed E-state index contributed by atoms with van der Waals surface area (Å²) in [6.45, 7) is 2.39. The molecule has 10 heteroatoms. The van der Waals surface area contributed by atoms with Gasteiger partial charge in [0.15, 0.2) is 0 Å². The number of ether oxygens (including phenoxy) is 1. The normalized spacial score (nSPS) is 9.60. The predicted molar refractivity (Wildman–Crippen MR) is 188 cm³/mol. The van der Waals surface area contributed by atoms with Gasteiger partial charge in [-0.05, 0) is 65.1 Å². The summed E-state index contributed by atoms with van der Waals surface area (Å²) in [6.07, 6.45) is 1.18. The minimum absolute atomic E-state index is 0.269. The molecule has 238 valence electrons. The number of nitriles is 6. The molecule has 0 radical (unpaired) electrons. The van der Waals surface area contributed by atoms with Gasteiger partial charge in [-0.1, -0.05) is 99.8 Å². The summed E-state index contributed by atoms with van der Waals surface area (Å²) < 4.78 is 6.67. The molecule has 0 fully saturated rings. The van der Waals surface area contributed by atoms with E-state index in [4.69, 9.17) is 59.5 Å². The SMILES string of the molecule is Cc1cc(Cl)c(CC(C#N)C#N)c(Cl)c1.N#CC(C#N)Cc1cccc(OCc2ccccc2)c1.N#CC(C#N)Cc1ccccc1Br. The van der Waals surface area contributed by atoms with E-state index in [-0.39, 0.29) is 6.42 Å². The molecule has 0 heterocycles. The molecule has 0 aromatic heterocycles. The van der Waals surface area contributed by atoms with E-state index < -0.39 is 17.8 Å². The summed E-state index contributed by atoms with van der Waals surface area (Å²) in [5.74, 6) is -1.12. The average molecular weight is 737 g/mol. The van der Waals surface area contributed by atoms with Crippen LogP contribution in [0.3, 0.4) is 0 Å². The minimum Gasteiger partial charge on any atom is -0.489 e. The Hall–Kier alpha value is -5.32. The maximum atomic E-state index is 8.80. The van der Waals surface area contributed by atoms with Crippen molar-refractivity contribution in [1.29, 1.82) is 31.6 Å². The first-order valence-electron chi connectivity index (χ1n) is 14.5. The molecule has 0 N–H and O–H groups in total. The van der Waals surface area contributed by atoms with Crippen molar-refractivity contribution in [2.75, 3.05) is 0 Å². The summed E-state index contributed by atoms with van der Waals surface area (Å²) in [5.41, 5.74) is 4.65. The van der Waals surface area contributed by atoms with Gasteiger partial charge in [0.1, 0.15) is 30.1 Å². The number of rotatable bonds is 9. The Morgan fingerprint density at radius 2 is 1.10 bits per heavy atom. The van der Waals surface area contributed by atoms with Crippen LogP contribution in [-0.2, 0) is 25.9 Å². The summed E-state index contributed by atoms with van der Waals surface area (Å²) in [6, 6.07) is 40.2. The molecule has 4 aromatic carbocycles. The number of halogens is 3. The van der Waals surface area contributed by atoms with Gasteiger partial charge in [0.05, 0.1) is 36.4 Å². The first kappa shape index (κ1) is 38.9. The van der Waals surface area contributed by atoms with Gasteiger partial charge in [-0.15, -0.1) is 0 Å². The molecule has 4 rings (SSSR count). The van der Waals surface area contributed by atoms with Gasteiger partial charge in [-0.3, -0.25) is 0 Å². The number of hydrogen-bond acceptors (Lipinski definition) is 7. The highest BCUT2D eigenvalue weighted by Gasteiger charge is 2.14. The fraction of sp³-hybridized carbons (Fsp3) is 0.211. The predicted octanol–water partition coefficient (Wildman–Crippen LogP) is 9.63. The van der Waals surface area contributed by atoms with Crippen molar-refractivity contribution in [3.63, 3.8) is 0 Å². The molecule has 0 spiro atoms. The molecule has 0 aliphatic rings. The molecule has 0 saturated carbocycles. The third-order valence-corrected chi connectivity index (χ3v) is 8.05. The van der Waals surface area contributed by atoms with E-state index in [0.717, 1.165) is 32.5 Å². The second-order valence-electron chi connectivity index (χ2n) is 10.3. The first-order chi connectivity index (χ1) is 23.2. The monoisotopic (exact) mass is 734 g/mol. The van der Waals surface area contributed by atoms with Crippen LogP contribution in [-0.4, -0.2) is 0 Å². The largest absolute Gasteiger partial charge is 0.489 e. The van der Waals surface area contributed by atoms with Gasteiger partial charge >= 0.3 is 0 Å². The van der Waals surface area contributed by atoms with Gasteiger partial charge in [-0.2, -0.15) is 31.6 Å². The summed E-state index contributed by atoms with van der Waals surface area (Å²) in [4.78, 5) is 0. The van der Waals surface area contributed by atoms with Crippen molar-refractivity contribution in [3.05, 3.63) is 133 Å². The molecular formula is C38H29BrCl2N6O. The van der Waals surface area contributed by atoms with Crippen LogP contribution in [0.2, 0.25) is 10.0 Å². The Morgan fingerprint density at radius 3 is 1.67 bits per heavy atom. The van der Waals surface area contributed by atoms with Crippen LogP contribution in [0.15, 0.2) is 95.5 Å². The van der Waals surface area contributed by atoms with E-state index in [1.807, 2.05) is 122 Å². The fourth-order valence-corrected chi connectivity index (χ4v) is 5.31. The van der Waals surface area contributed by atoms with Crippen LogP contribution in [0.5, 0.6) is 5.75 Å². The maximum absolute atomic E-state index is 8.80. The van der Waals surface area contributed by atoms with Crippen LogP contribution in [0.25, 0.3) is 0 Å². The first-order valence-corrected chi connectivity index (χ1v) is 16.0. The Bertz CT molecular complexity index is 1840. The zero-order valence-electron chi connectivity index (χ0n) is 25.9. The lowest BCUT2D eigenvalue weighted by molar-refractivity contribution is 0.306. The lowest BCUT2D eigenvalue weighted by Gasteiger charge is -2.08. The molecule has 0 aliphatic carbocycles. The molecule has 48 heavy (non-hydrogen) atoms. The zero-order chi connectivity index (χ0) is 35.3. The van der Waals surface area contributed by atoms with Crippen molar-refractivity contribution in [3.8, 4) is 42.2 Å². The smallest absolute Gasteiger partial charge is 0.137 e. The van der Waals surface area contributed by atoms with E-state index in [9.17, 15) is 0 Å². The second kappa shape index (κ2) is 21.5. The third kappa shape index (κ3) is 13.6. The van der Waals surface area contributed by atoms with E-state index >= 15 is 0 Å². The Balaban J connectivity index is 0.000000257. The highest BCUT2D eigenvalue weighted by Crippen LogP contribution is 2.28. The topological polar surface area (TPSA) is 152 Å². The van der Waals surface area contributed by atoms with E-state index in [0.29, 0.717) is 35.1 Å². The van der Waals surface area contributed by atoms with Crippen LogP contribution >= 0.6 is 39.1 Å². The number of nitrogens with zero attached hydrogens (tertiary/aromatic N) is 6. The van der Waals surface area contributed by atoms with Crippen molar-refractivity contribution in [2.24, 2.45) is 17.8 Å².